The maximum Gasteiger partial charge on any atom is 0.178 e. The second-order valence-corrected chi connectivity index (χ2v) is 9.08. The normalized spacial score (nSPS) is 17.9. The van der Waals surface area contributed by atoms with Crippen LogP contribution in [-0.4, -0.2) is 25.1 Å². The van der Waals surface area contributed by atoms with Crippen LogP contribution in [0.15, 0.2) is 52.5 Å². The van der Waals surface area contributed by atoms with E-state index in [2.05, 4.69) is 25.1 Å². The van der Waals surface area contributed by atoms with Crippen LogP contribution in [0.4, 0.5) is 0 Å². The Morgan fingerprint density at radius 2 is 1.83 bits per heavy atom. The van der Waals surface area contributed by atoms with E-state index in [4.69, 9.17) is 0 Å². The molecular weight excluding hydrogens is 322 g/mol. The molecule has 126 valence electrons. The second kappa shape index (κ2) is 5.74. The summed E-state index contributed by atoms with van der Waals surface area (Å²) in [6.45, 7) is 5.88. The zero-order valence-corrected chi connectivity index (χ0v) is 14.9. The summed E-state index contributed by atoms with van der Waals surface area (Å²) in [4.78, 5) is 0.347. The van der Waals surface area contributed by atoms with E-state index in [9.17, 15) is 13.6 Å². The molecule has 0 unspecified atom stereocenters. The molecule has 0 fully saturated rings. The van der Waals surface area contributed by atoms with Gasteiger partial charge in [0.15, 0.2) is 9.84 Å². The smallest absolute Gasteiger partial charge is 0.178 e. The average molecular weight is 343 g/mol. The van der Waals surface area contributed by atoms with Gasteiger partial charge in [0.1, 0.15) is 0 Å². The minimum Gasteiger partial charge on any atom is -0.411 e. The molecule has 2 aromatic rings. The van der Waals surface area contributed by atoms with Crippen molar-refractivity contribution < 1.29 is 13.6 Å². The standard InChI is InChI=1S/C19H21NO3S/c1-4-24(22,23)15-7-5-6-13(10-15)14-8-9-16-17(11-14)19(2,3)12-18(16)20-21/h5-11,21H,4,12H2,1-3H3. The zero-order chi connectivity index (χ0) is 17.5. The largest absolute Gasteiger partial charge is 0.411 e. The van der Waals surface area contributed by atoms with Gasteiger partial charge < -0.3 is 5.21 Å². The van der Waals surface area contributed by atoms with Gasteiger partial charge in [0, 0.05) is 12.0 Å². The van der Waals surface area contributed by atoms with Crippen molar-refractivity contribution in [3.8, 4) is 11.1 Å². The molecule has 0 atom stereocenters. The molecule has 0 aliphatic heterocycles. The molecule has 1 aliphatic rings. The van der Waals surface area contributed by atoms with Crippen molar-refractivity contribution in [2.45, 2.75) is 37.5 Å². The van der Waals surface area contributed by atoms with Crippen LogP contribution < -0.4 is 0 Å². The van der Waals surface area contributed by atoms with Crippen LogP contribution in [-0.2, 0) is 15.3 Å². The van der Waals surface area contributed by atoms with Gasteiger partial charge in [-0.05, 0) is 40.3 Å². The molecule has 0 radical (unpaired) electrons. The van der Waals surface area contributed by atoms with Crippen LogP contribution in [0.5, 0.6) is 0 Å². The number of oxime groups is 1. The van der Waals surface area contributed by atoms with Crippen LogP contribution >= 0.6 is 0 Å². The summed E-state index contributed by atoms with van der Waals surface area (Å²) in [6.07, 6.45) is 0.687. The van der Waals surface area contributed by atoms with Gasteiger partial charge in [0.05, 0.1) is 16.4 Å². The van der Waals surface area contributed by atoms with E-state index in [0.717, 1.165) is 22.3 Å². The van der Waals surface area contributed by atoms with Crippen molar-refractivity contribution in [2.75, 3.05) is 5.75 Å². The first kappa shape index (κ1) is 16.7. The molecule has 2 aromatic carbocycles. The van der Waals surface area contributed by atoms with Crippen molar-refractivity contribution in [1.29, 1.82) is 0 Å². The second-order valence-electron chi connectivity index (χ2n) is 6.80. The molecule has 1 aliphatic carbocycles. The predicted octanol–water partition coefficient (Wildman–Crippen LogP) is 4.01. The number of hydrogen-bond acceptors (Lipinski definition) is 4. The van der Waals surface area contributed by atoms with Crippen LogP contribution in [0.3, 0.4) is 0 Å². The molecule has 3 rings (SSSR count). The molecule has 0 spiro atoms. The Hall–Kier alpha value is -2.14. The molecule has 0 aromatic heterocycles. The Morgan fingerprint density at radius 1 is 1.12 bits per heavy atom. The Kier molecular flexibility index (Phi) is 4.00. The Morgan fingerprint density at radius 3 is 2.50 bits per heavy atom. The number of fused-ring (bicyclic) bond motifs is 1. The van der Waals surface area contributed by atoms with E-state index in [-0.39, 0.29) is 11.2 Å². The first-order valence-electron chi connectivity index (χ1n) is 7.97. The molecule has 1 N–H and O–H groups in total. The summed E-state index contributed by atoms with van der Waals surface area (Å²) >= 11 is 0. The molecule has 0 heterocycles. The molecular formula is C19H21NO3S. The third-order valence-corrected chi connectivity index (χ3v) is 6.43. The molecule has 0 bridgehead atoms. The molecule has 0 amide bonds. The summed E-state index contributed by atoms with van der Waals surface area (Å²) in [5, 5.41) is 12.6. The van der Waals surface area contributed by atoms with E-state index in [1.807, 2.05) is 18.2 Å². The van der Waals surface area contributed by atoms with Crippen LogP contribution in [0.25, 0.3) is 11.1 Å². The van der Waals surface area contributed by atoms with Crippen molar-refractivity contribution >= 4 is 15.5 Å². The lowest BCUT2D eigenvalue weighted by Gasteiger charge is -2.19. The highest BCUT2D eigenvalue weighted by atomic mass is 32.2. The van der Waals surface area contributed by atoms with Gasteiger partial charge in [-0.25, -0.2) is 8.42 Å². The number of hydrogen-bond donors (Lipinski definition) is 1. The fourth-order valence-corrected chi connectivity index (χ4v) is 4.20. The lowest BCUT2D eigenvalue weighted by Crippen LogP contribution is -2.12. The molecule has 5 heteroatoms. The maximum atomic E-state index is 12.1. The van der Waals surface area contributed by atoms with Gasteiger partial charge in [0.2, 0.25) is 0 Å². The van der Waals surface area contributed by atoms with E-state index in [0.29, 0.717) is 17.0 Å². The molecule has 4 nitrogen and oxygen atoms in total. The third kappa shape index (κ3) is 2.73. The van der Waals surface area contributed by atoms with Crippen LogP contribution in [0.1, 0.15) is 38.3 Å². The first-order chi connectivity index (χ1) is 11.3. The summed E-state index contributed by atoms with van der Waals surface area (Å²) in [5.74, 6) is 0.0873. The number of benzene rings is 2. The topological polar surface area (TPSA) is 66.7 Å². The fourth-order valence-electron chi connectivity index (χ4n) is 3.27. The summed E-state index contributed by atoms with van der Waals surface area (Å²) < 4.78 is 24.2. The Bertz CT molecular complexity index is 927. The third-order valence-electron chi connectivity index (χ3n) is 4.70. The number of rotatable bonds is 3. The highest BCUT2D eigenvalue weighted by molar-refractivity contribution is 7.91. The van der Waals surface area contributed by atoms with Gasteiger partial charge in [-0.1, -0.05) is 50.2 Å². The molecule has 0 saturated heterocycles. The van der Waals surface area contributed by atoms with E-state index in [1.165, 1.54) is 0 Å². The van der Waals surface area contributed by atoms with E-state index in [1.54, 1.807) is 25.1 Å². The first-order valence-corrected chi connectivity index (χ1v) is 9.63. The Balaban J connectivity index is 2.12. The minimum absolute atomic E-state index is 0.0873. The Labute approximate surface area is 142 Å². The summed E-state index contributed by atoms with van der Waals surface area (Å²) in [6, 6.07) is 13.0. The van der Waals surface area contributed by atoms with Gasteiger partial charge in [-0.2, -0.15) is 0 Å². The maximum absolute atomic E-state index is 12.1. The van der Waals surface area contributed by atoms with Crippen LogP contribution in [0, 0.1) is 0 Å². The quantitative estimate of drug-likeness (QED) is 0.676. The van der Waals surface area contributed by atoms with Gasteiger partial charge in [-0.3, -0.25) is 0 Å². The average Bonchev–Trinajstić information content (AvgIpc) is 2.85. The van der Waals surface area contributed by atoms with Crippen molar-refractivity contribution in [3.63, 3.8) is 0 Å². The highest BCUT2D eigenvalue weighted by Gasteiger charge is 2.34. The zero-order valence-electron chi connectivity index (χ0n) is 14.1. The molecule has 24 heavy (non-hydrogen) atoms. The van der Waals surface area contributed by atoms with E-state index >= 15 is 0 Å². The lowest BCUT2D eigenvalue weighted by atomic mass is 9.85. The number of nitrogens with zero attached hydrogens (tertiary/aromatic N) is 1. The number of sulfone groups is 1. The highest BCUT2D eigenvalue weighted by Crippen LogP contribution is 2.40. The summed E-state index contributed by atoms with van der Waals surface area (Å²) in [5.41, 5.74) is 4.51. The predicted molar refractivity (Wildman–Crippen MR) is 95.6 cm³/mol. The fraction of sp³-hybridized carbons (Fsp3) is 0.316. The summed E-state index contributed by atoms with van der Waals surface area (Å²) in [7, 11) is -3.23. The van der Waals surface area contributed by atoms with Crippen molar-refractivity contribution in [3.05, 3.63) is 53.6 Å². The lowest BCUT2D eigenvalue weighted by molar-refractivity contribution is 0.317. The van der Waals surface area contributed by atoms with Gasteiger partial charge >= 0.3 is 0 Å². The monoisotopic (exact) mass is 343 g/mol. The van der Waals surface area contributed by atoms with Crippen LogP contribution in [0.2, 0.25) is 0 Å². The molecule has 0 saturated carbocycles. The minimum atomic E-state index is -3.23. The SMILES string of the molecule is CCS(=O)(=O)c1cccc(-c2ccc3c(c2)C(C)(C)CC3=NO)c1. The van der Waals surface area contributed by atoms with Crippen molar-refractivity contribution in [1.82, 2.24) is 0 Å². The van der Waals surface area contributed by atoms with E-state index < -0.39 is 9.84 Å². The van der Waals surface area contributed by atoms with Gasteiger partial charge in [0.25, 0.3) is 0 Å². The van der Waals surface area contributed by atoms with Crippen molar-refractivity contribution in [2.24, 2.45) is 5.16 Å². The van der Waals surface area contributed by atoms with Gasteiger partial charge in [-0.15, -0.1) is 0 Å².